The van der Waals surface area contributed by atoms with E-state index >= 15 is 0 Å². The first-order valence-corrected chi connectivity index (χ1v) is 13.3. The Morgan fingerprint density at radius 2 is 1.66 bits per heavy atom. The van der Waals surface area contributed by atoms with Crippen molar-refractivity contribution in [2.24, 2.45) is 0 Å². The maximum atomic E-state index is 4.94. The number of hydrogen-bond donors (Lipinski definition) is 1. The van der Waals surface area contributed by atoms with Crippen molar-refractivity contribution < 1.29 is 0 Å². The van der Waals surface area contributed by atoms with Crippen LogP contribution in [0.4, 0.5) is 11.6 Å². The van der Waals surface area contributed by atoms with Gasteiger partial charge in [-0.1, -0.05) is 42.0 Å². The van der Waals surface area contributed by atoms with Crippen molar-refractivity contribution in [2.75, 3.05) is 59.2 Å². The fourth-order valence-corrected chi connectivity index (χ4v) is 4.61. The summed E-state index contributed by atoms with van der Waals surface area (Å²) in [7, 11) is 6.34. The van der Waals surface area contributed by atoms with Gasteiger partial charge in [-0.3, -0.25) is 9.58 Å². The molecule has 1 aliphatic heterocycles. The number of hydrogen-bond acceptors (Lipinski definition) is 7. The number of aryl methyl sites for hydroxylation is 1. The topological polar surface area (TPSA) is 65.4 Å². The van der Waals surface area contributed by atoms with Crippen molar-refractivity contribution >= 4 is 11.6 Å². The van der Waals surface area contributed by atoms with E-state index in [0.717, 1.165) is 74.0 Å². The van der Waals surface area contributed by atoms with Crippen LogP contribution in [0.25, 0.3) is 22.5 Å². The first kappa shape index (κ1) is 26.0. The van der Waals surface area contributed by atoms with Crippen LogP contribution in [0.15, 0.2) is 67.0 Å². The summed E-state index contributed by atoms with van der Waals surface area (Å²) < 4.78 is 2.01. The molecule has 198 valence electrons. The minimum atomic E-state index is 0.574. The lowest BCUT2D eigenvalue weighted by Gasteiger charge is -2.32. The molecule has 3 heterocycles. The average molecular weight is 511 g/mol. The SMILES string of the molecule is Cc1ccc(-c2nn(CCN(C)C)cc2-c2ccnc(Nc3ccc(CN4CCN(C)CC4)cc3)n2)cc1. The number of nitrogens with one attached hydrogen (secondary N) is 1. The number of piperazine rings is 1. The Balaban J connectivity index is 1.34. The summed E-state index contributed by atoms with van der Waals surface area (Å²) in [5.74, 6) is 0.574. The van der Waals surface area contributed by atoms with Crippen LogP contribution in [0, 0.1) is 6.92 Å². The predicted octanol–water partition coefficient (Wildman–Crippen LogP) is 4.37. The summed E-state index contributed by atoms with van der Waals surface area (Å²) in [4.78, 5) is 16.4. The Labute approximate surface area is 225 Å². The second-order valence-corrected chi connectivity index (χ2v) is 10.5. The van der Waals surface area contributed by atoms with Crippen LogP contribution in [0.2, 0.25) is 0 Å². The quantitative estimate of drug-likeness (QED) is 0.359. The third-order valence-corrected chi connectivity index (χ3v) is 7.01. The van der Waals surface area contributed by atoms with E-state index in [1.807, 2.05) is 16.9 Å². The van der Waals surface area contributed by atoms with E-state index in [0.29, 0.717) is 5.95 Å². The molecule has 1 aliphatic rings. The second-order valence-electron chi connectivity index (χ2n) is 10.5. The van der Waals surface area contributed by atoms with Crippen molar-refractivity contribution in [3.8, 4) is 22.5 Å². The molecule has 0 amide bonds. The Kier molecular flexibility index (Phi) is 8.12. The highest BCUT2D eigenvalue weighted by Gasteiger charge is 2.16. The number of anilines is 2. The molecule has 0 unspecified atom stereocenters. The highest BCUT2D eigenvalue weighted by atomic mass is 15.3. The summed E-state index contributed by atoms with van der Waals surface area (Å²) in [6.07, 6.45) is 3.90. The molecule has 5 rings (SSSR count). The smallest absolute Gasteiger partial charge is 0.227 e. The monoisotopic (exact) mass is 510 g/mol. The average Bonchev–Trinajstić information content (AvgIpc) is 3.35. The van der Waals surface area contributed by atoms with Gasteiger partial charge >= 0.3 is 0 Å². The first-order valence-electron chi connectivity index (χ1n) is 13.3. The second kappa shape index (κ2) is 11.9. The van der Waals surface area contributed by atoms with Gasteiger partial charge in [0.05, 0.1) is 12.2 Å². The van der Waals surface area contributed by atoms with E-state index in [1.54, 1.807) is 0 Å². The van der Waals surface area contributed by atoms with Crippen LogP contribution in [0.3, 0.4) is 0 Å². The first-order chi connectivity index (χ1) is 18.4. The number of likely N-dealkylation sites (N-methyl/N-ethyl adjacent to an activating group) is 2. The molecule has 4 aromatic rings. The lowest BCUT2D eigenvalue weighted by molar-refractivity contribution is 0.148. The molecular weight excluding hydrogens is 472 g/mol. The molecule has 0 spiro atoms. The van der Waals surface area contributed by atoms with Crippen molar-refractivity contribution in [3.63, 3.8) is 0 Å². The zero-order chi connectivity index (χ0) is 26.5. The van der Waals surface area contributed by atoms with E-state index in [4.69, 9.17) is 10.1 Å². The Morgan fingerprint density at radius 1 is 0.921 bits per heavy atom. The lowest BCUT2D eigenvalue weighted by Crippen LogP contribution is -2.43. The number of nitrogens with zero attached hydrogens (tertiary/aromatic N) is 7. The molecule has 38 heavy (non-hydrogen) atoms. The van der Waals surface area contributed by atoms with E-state index in [9.17, 15) is 0 Å². The van der Waals surface area contributed by atoms with Crippen LogP contribution >= 0.6 is 0 Å². The molecule has 8 nitrogen and oxygen atoms in total. The van der Waals surface area contributed by atoms with Crippen LogP contribution in [0.5, 0.6) is 0 Å². The molecule has 0 saturated carbocycles. The van der Waals surface area contributed by atoms with Crippen LogP contribution in [-0.4, -0.2) is 88.3 Å². The molecule has 0 bridgehead atoms. The predicted molar refractivity (Wildman–Crippen MR) is 154 cm³/mol. The fraction of sp³-hybridized carbons (Fsp3) is 0.367. The zero-order valence-electron chi connectivity index (χ0n) is 22.9. The number of rotatable bonds is 9. The van der Waals surface area contributed by atoms with Crippen LogP contribution in [-0.2, 0) is 13.1 Å². The maximum Gasteiger partial charge on any atom is 0.227 e. The summed E-state index contributed by atoms with van der Waals surface area (Å²) in [6.45, 7) is 9.31. The third-order valence-electron chi connectivity index (χ3n) is 7.01. The Morgan fingerprint density at radius 3 is 2.37 bits per heavy atom. The van der Waals surface area contributed by atoms with E-state index in [1.165, 1.54) is 11.1 Å². The third kappa shape index (κ3) is 6.64. The van der Waals surface area contributed by atoms with Gasteiger partial charge < -0.3 is 15.1 Å². The van der Waals surface area contributed by atoms with E-state index in [-0.39, 0.29) is 0 Å². The van der Waals surface area contributed by atoms with Crippen LogP contribution < -0.4 is 5.32 Å². The molecule has 0 atom stereocenters. The highest BCUT2D eigenvalue weighted by Crippen LogP contribution is 2.31. The van der Waals surface area contributed by atoms with Gasteiger partial charge in [0.25, 0.3) is 0 Å². The Bertz CT molecular complexity index is 1320. The van der Waals surface area contributed by atoms with Gasteiger partial charge in [0.2, 0.25) is 5.95 Å². The molecule has 8 heteroatoms. The zero-order valence-corrected chi connectivity index (χ0v) is 22.9. The van der Waals surface area contributed by atoms with Crippen molar-refractivity contribution in [1.82, 2.24) is 34.4 Å². The van der Waals surface area contributed by atoms with Crippen molar-refractivity contribution in [2.45, 2.75) is 20.0 Å². The minimum absolute atomic E-state index is 0.574. The molecule has 2 aromatic heterocycles. The van der Waals surface area contributed by atoms with Gasteiger partial charge in [-0.05, 0) is 51.8 Å². The largest absolute Gasteiger partial charge is 0.324 e. The summed E-state index contributed by atoms with van der Waals surface area (Å²) in [5.41, 5.74) is 7.39. The maximum absolute atomic E-state index is 4.94. The molecule has 0 radical (unpaired) electrons. The van der Waals surface area contributed by atoms with Gasteiger partial charge in [0.1, 0.15) is 5.69 Å². The summed E-state index contributed by atoms with van der Waals surface area (Å²) >= 11 is 0. The van der Waals surface area contributed by atoms with Crippen molar-refractivity contribution in [3.05, 3.63) is 78.1 Å². The minimum Gasteiger partial charge on any atom is -0.324 e. The van der Waals surface area contributed by atoms with Crippen molar-refractivity contribution in [1.29, 1.82) is 0 Å². The van der Waals surface area contributed by atoms with Crippen LogP contribution in [0.1, 0.15) is 11.1 Å². The molecule has 1 saturated heterocycles. The number of benzene rings is 2. The molecule has 2 aromatic carbocycles. The standard InChI is InChI=1S/C30H38N8/c1-23-5-9-25(10-6-23)29-27(22-38(34-29)20-15-35(2)3)28-13-14-31-30(33-28)32-26-11-7-24(8-12-26)21-37-18-16-36(4)17-19-37/h5-14,22H,15-21H2,1-4H3,(H,31,32,33). The fourth-order valence-electron chi connectivity index (χ4n) is 4.61. The van der Waals surface area contributed by atoms with Gasteiger partial charge in [-0.2, -0.15) is 5.10 Å². The van der Waals surface area contributed by atoms with E-state index in [2.05, 4.69) is 108 Å². The van der Waals surface area contributed by atoms with Gasteiger partial charge in [-0.15, -0.1) is 0 Å². The molecule has 1 fully saturated rings. The summed E-state index contributed by atoms with van der Waals surface area (Å²) in [5, 5.41) is 8.32. The lowest BCUT2D eigenvalue weighted by atomic mass is 10.0. The summed E-state index contributed by atoms with van der Waals surface area (Å²) in [6, 6.07) is 19.1. The van der Waals surface area contributed by atoms with Gasteiger partial charge in [-0.25, -0.2) is 9.97 Å². The highest BCUT2D eigenvalue weighted by molar-refractivity contribution is 5.79. The molecule has 1 N–H and O–H groups in total. The Hall–Kier alpha value is -3.59. The molecular formula is C30H38N8. The normalized spacial score (nSPS) is 14.8. The molecule has 0 aliphatic carbocycles. The van der Waals surface area contributed by atoms with Gasteiger partial charge in [0.15, 0.2) is 0 Å². The van der Waals surface area contributed by atoms with Gasteiger partial charge in [0, 0.05) is 68.5 Å². The van der Waals surface area contributed by atoms with E-state index < -0.39 is 0 Å². The number of aromatic nitrogens is 4.